The van der Waals surface area contributed by atoms with Gasteiger partial charge < -0.3 is 10.0 Å². The highest BCUT2D eigenvalue weighted by Crippen LogP contribution is 2.34. The fraction of sp³-hybridized carbons (Fsp3) is 0.917. The van der Waals surface area contributed by atoms with Gasteiger partial charge in [0.25, 0.3) is 0 Å². The molecule has 1 saturated carbocycles. The Labute approximate surface area is 91.5 Å². The SMILES string of the molecule is CC1CCCC1C(=O)N1CCCC1CO. The van der Waals surface area contributed by atoms with Gasteiger partial charge in [-0.15, -0.1) is 0 Å². The van der Waals surface area contributed by atoms with Gasteiger partial charge in [0.1, 0.15) is 0 Å². The molecule has 3 heteroatoms. The maximum absolute atomic E-state index is 12.2. The molecule has 0 aromatic heterocycles. The van der Waals surface area contributed by atoms with Crippen molar-refractivity contribution >= 4 is 5.91 Å². The summed E-state index contributed by atoms with van der Waals surface area (Å²) in [5.41, 5.74) is 0. The lowest BCUT2D eigenvalue weighted by Crippen LogP contribution is -2.41. The molecule has 3 unspecified atom stereocenters. The Bertz CT molecular complexity index is 242. The second-order valence-electron chi connectivity index (χ2n) is 5.02. The fourth-order valence-corrected chi connectivity index (χ4v) is 3.04. The minimum absolute atomic E-state index is 0.102. The van der Waals surface area contributed by atoms with Crippen LogP contribution >= 0.6 is 0 Å². The Morgan fingerprint density at radius 2 is 2.13 bits per heavy atom. The molecular formula is C12H21NO2. The van der Waals surface area contributed by atoms with E-state index in [4.69, 9.17) is 0 Å². The summed E-state index contributed by atoms with van der Waals surface area (Å²) in [6, 6.07) is 0.102. The Balaban J connectivity index is 2.00. The van der Waals surface area contributed by atoms with Gasteiger partial charge in [0.15, 0.2) is 0 Å². The molecule has 1 heterocycles. The van der Waals surface area contributed by atoms with Gasteiger partial charge in [-0.25, -0.2) is 0 Å². The summed E-state index contributed by atoms with van der Waals surface area (Å²) in [6.07, 6.45) is 5.46. The van der Waals surface area contributed by atoms with Crippen molar-refractivity contribution < 1.29 is 9.90 Å². The predicted molar refractivity (Wildman–Crippen MR) is 58.3 cm³/mol. The molecule has 0 radical (unpaired) electrons. The number of carbonyl (C=O) groups is 1. The molecule has 0 aromatic rings. The van der Waals surface area contributed by atoms with E-state index in [0.29, 0.717) is 11.8 Å². The third kappa shape index (κ3) is 2.03. The van der Waals surface area contributed by atoms with E-state index in [0.717, 1.165) is 25.8 Å². The number of rotatable bonds is 2. The van der Waals surface area contributed by atoms with E-state index >= 15 is 0 Å². The standard InChI is InChI=1S/C12H21NO2/c1-9-4-2-6-11(9)12(15)13-7-3-5-10(13)8-14/h9-11,14H,2-8H2,1H3. The molecule has 1 aliphatic heterocycles. The number of likely N-dealkylation sites (tertiary alicyclic amines) is 1. The average Bonchev–Trinajstić information content (AvgIpc) is 2.84. The summed E-state index contributed by atoms with van der Waals surface area (Å²) < 4.78 is 0. The molecule has 1 N–H and O–H groups in total. The maximum Gasteiger partial charge on any atom is 0.226 e. The minimum Gasteiger partial charge on any atom is -0.394 e. The second kappa shape index (κ2) is 4.52. The van der Waals surface area contributed by atoms with Crippen molar-refractivity contribution in [2.24, 2.45) is 11.8 Å². The van der Waals surface area contributed by atoms with Gasteiger partial charge in [0, 0.05) is 12.5 Å². The van der Waals surface area contributed by atoms with Crippen LogP contribution in [0, 0.1) is 11.8 Å². The van der Waals surface area contributed by atoms with Crippen LogP contribution in [0.2, 0.25) is 0 Å². The van der Waals surface area contributed by atoms with Crippen LogP contribution in [0.1, 0.15) is 39.0 Å². The van der Waals surface area contributed by atoms with E-state index in [2.05, 4.69) is 6.92 Å². The molecule has 86 valence electrons. The number of aliphatic hydroxyl groups is 1. The molecular weight excluding hydrogens is 190 g/mol. The first-order valence-electron chi connectivity index (χ1n) is 6.15. The first-order chi connectivity index (χ1) is 7.24. The topological polar surface area (TPSA) is 40.5 Å². The lowest BCUT2D eigenvalue weighted by Gasteiger charge is -2.27. The summed E-state index contributed by atoms with van der Waals surface area (Å²) in [6.45, 7) is 3.17. The number of amides is 1. The molecule has 1 aliphatic carbocycles. The molecule has 0 bridgehead atoms. The van der Waals surface area contributed by atoms with Crippen LogP contribution in [0.25, 0.3) is 0 Å². The van der Waals surface area contributed by atoms with Crippen molar-refractivity contribution in [1.82, 2.24) is 4.90 Å². The Morgan fingerprint density at radius 3 is 2.73 bits per heavy atom. The molecule has 3 nitrogen and oxygen atoms in total. The van der Waals surface area contributed by atoms with E-state index in [1.54, 1.807) is 0 Å². The monoisotopic (exact) mass is 211 g/mol. The van der Waals surface area contributed by atoms with Crippen LogP contribution < -0.4 is 0 Å². The smallest absolute Gasteiger partial charge is 0.226 e. The molecule has 2 aliphatic rings. The average molecular weight is 211 g/mol. The molecule has 0 aromatic carbocycles. The molecule has 3 atom stereocenters. The van der Waals surface area contributed by atoms with Crippen LogP contribution in [0.4, 0.5) is 0 Å². The van der Waals surface area contributed by atoms with Crippen molar-refractivity contribution in [2.75, 3.05) is 13.2 Å². The fourth-order valence-electron chi connectivity index (χ4n) is 3.04. The summed E-state index contributed by atoms with van der Waals surface area (Å²) in [5.74, 6) is 1.08. The largest absolute Gasteiger partial charge is 0.394 e. The third-order valence-electron chi connectivity index (χ3n) is 4.05. The van der Waals surface area contributed by atoms with Crippen molar-refractivity contribution in [3.63, 3.8) is 0 Å². The summed E-state index contributed by atoms with van der Waals surface area (Å²) in [5, 5.41) is 9.20. The quantitative estimate of drug-likeness (QED) is 0.750. The van der Waals surface area contributed by atoms with Gasteiger partial charge in [0.05, 0.1) is 12.6 Å². The number of aliphatic hydroxyl groups excluding tert-OH is 1. The molecule has 2 fully saturated rings. The Kier molecular flexibility index (Phi) is 3.29. The Hall–Kier alpha value is -0.570. The summed E-state index contributed by atoms with van der Waals surface area (Å²) in [4.78, 5) is 14.2. The predicted octanol–water partition coefficient (Wildman–Crippen LogP) is 1.41. The molecule has 2 rings (SSSR count). The maximum atomic E-state index is 12.2. The van der Waals surface area contributed by atoms with Gasteiger partial charge in [-0.3, -0.25) is 4.79 Å². The molecule has 1 saturated heterocycles. The number of carbonyl (C=O) groups excluding carboxylic acids is 1. The normalized spacial score (nSPS) is 36.1. The van der Waals surface area contributed by atoms with Gasteiger partial charge in [-0.2, -0.15) is 0 Å². The zero-order valence-corrected chi connectivity index (χ0v) is 9.48. The van der Waals surface area contributed by atoms with Gasteiger partial charge >= 0.3 is 0 Å². The van der Waals surface area contributed by atoms with Gasteiger partial charge in [-0.1, -0.05) is 13.3 Å². The van der Waals surface area contributed by atoms with E-state index in [1.807, 2.05) is 4.90 Å². The van der Waals surface area contributed by atoms with E-state index in [-0.39, 0.29) is 18.6 Å². The number of hydrogen-bond donors (Lipinski definition) is 1. The van der Waals surface area contributed by atoms with Gasteiger partial charge in [0.2, 0.25) is 5.91 Å². The van der Waals surface area contributed by atoms with Crippen LogP contribution in [0.5, 0.6) is 0 Å². The van der Waals surface area contributed by atoms with E-state index in [9.17, 15) is 9.90 Å². The van der Waals surface area contributed by atoms with Crippen LogP contribution in [0.3, 0.4) is 0 Å². The first kappa shape index (κ1) is 10.9. The van der Waals surface area contributed by atoms with Gasteiger partial charge in [-0.05, 0) is 31.6 Å². The van der Waals surface area contributed by atoms with Crippen molar-refractivity contribution in [3.8, 4) is 0 Å². The van der Waals surface area contributed by atoms with Crippen LogP contribution in [-0.2, 0) is 4.79 Å². The zero-order chi connectivity index (χ0) is 10.8. The second-order valence-corrected chi connectivity index (χ2v) is 5.02. The lowest BCUT2D eigenvalue weighted by molar-refractivity contribution is -0.138. The first-order valence-corrected chi connectivity index (χ1v) is 6.15. The summed E-state index contributed by atoms with van der Waals surface area (Å²) in [7, 11) is 0. The lowest BCUT2D eigenvalue weighted by atomic mass is 9.96. The van der Waals surface area contributed by atoms with E-state index in [1.165, 1.54) is 12.8 Å². The molecule has 15 heavy (non-hydrogen) atoms. The highest BCUT2D eigenvalue weighted by molar-refractivity contribution is 5.80. The van der Waals surface area contributed by atoms with Crippen molar-refractivity contribution in [2.45, 2.75) is 45.1 Å². The highest BCUT2D eigenvalue weighted by atomic mass is 16.3. The van der Waals surface area contributed by atoms with Crippen LogP contribution in [-0.4, -0.2) is 35.1 Å². The van der Waals surface area contributed by atoms with Crippen molar-refractivity contribution in [1.29, 1.82) is 0 Å². The summed E-state index contributed by atoms with van der Waals surface area (Å²) >= 11 is 0. The van der Waals surface area contributed by atoms with Crippen molar-refractivity contribution in [3.05, 3.63) is 0 Å². The Morgan fingerprint density at radius 1 is 1.33 bits per heavy atom. The van der Waals surface area contributed by atoms with Crippen LogP contribution in [0.15, 0.2) is 0 Å². The number of hydrogen-bond acceptors (Lipinski definition) is 2. The zero-order valence-electron chi connectivity index (χ0n) is 9.48. The highest BCUT2D eigenvalue weighted by Gasteiger charge is 2.36. The third-order valence-corrected chi connectivity index (χ3v) is 4.05. The van der Waals surface area contributed by atoms with E-state index < -0.39 is 0 Å². The number of nitrogens with zero attached hydrogens (tertiary/aromatic N) is 1. The molecule has 1 amide bonds. The molecule has 0 spiro atoms. The minimum atomic E-state index is 0.102.